The van der Waals surface area contributed by atoms with Crippen LogP contribution in [0.25, 0.3) is 0 Å². The quantitative estimate of drug-likeness (QED) is 0.433. The third-order valence-corrected chi connectivity index (χ3v) is 8.38. The number of aryl methyl sites for hydroxylation is 2. The number of carboxylic acid groups (broad SMARTS) is 1. The maximum Gasteiger partial charge on any atom is 0.336 e. The Labute approximate surface area is 229 Å². The number of nitrogens with zero attached hydrogens (tertiary/aromatic N) is 2. The van der Waals surface area contributed by atoms with Crippen molar-refractivity contribution in [2.75, 3.05) is 24.5 Å². The highest BCUT2D eigenvalue weighted by molar-refractivity contribution is 9.10. The predicted molar refractivity (Wildman–Crippen MR) is 146 cm³/mol. The number of halogens is 2. The molecule has 1 fully saturated rings. The molecule has 3 aromatic rings. The van der Waals surface area contributed by atoms with Crippen LogP contribution in [0.2, 0.25) is 0 Å². The number of benzene rings is 3. The Bertz CT molecular complexity index is 1440. The van der Waals surface area contributed by atoms with Crippen molar-refractivity contribution >= 4 is 39.4 Å². The summed E-state index contributed by atoms with van der Waals surface area (Å²) >= 11 is 3.26. The lowest BCUT2D eigenvalue weighted by molar-refractivity contribution is -0.118. The first-order chi connectivity index (χ1) is 18.1. The number of anilines is 1. The van der Waals surface area contributed by atoms with E-state index in [1.54, 1.807) is 43.0 Å². The second kappa shape index (κ2) is 9.98. The molecule has 0 aromatic heterocycles. The molecule has 0 radical (unpaired) electrons. The first-order valence-electron chi connectivity index (χ1n) is 12.6. The minimum atomic E-state index is -0.999. The van der Waals surface area contributed by atoms with Gasteiger partial charge in [-0.25, -0.2) is 9.18 Å². The number of amides is 2. The molecule has 2 amide bonds. The van der Waals surface area contributed by atoms with Crippen molar-refractivity contribution in [3.8, 4) is 0 Å². The van der Waals surface area contributed by atoms with Gasteiger partial charge in [-0.05, 0) is 79.3 Å². The van der Waals surface area contributed by atoms with Crippen LogP contribution in [0.5, 0.6) is 0 Å². The van der Waals surface area contributed by atoms with Crippen LogP contribution in [0, 0.1) is 19.7 Å². The standard InChI is InChI=1S/C30H28BrFN2O4/c1-18-13-21(14-19(2)27(18)29(37)38)28(36)33-11-9-30(10-12-33)17-34(25-6-4-3-5-23(25)30)26(35)15-20-7-8-22(31)16-24(20)32/h3-8,13-14,16H,9-12,15,17H2,1-2H3,(H,37,38). The molecule has 0 aliphatic carbocycles. The number of carboxylic acids is 1. The van der Waals surface area contributed by atoms with Crippen molar-refractivity contribution in [1.29, 1.82) is 0 Å². The van der Waals surface area contributed by atoms with Gasteiger partial charge < -0.3 is 14.9 Å². The summed E-state index contributed by atoms with van der Waals surface area (Å²) in [7, 11) is 0. The van der Waals surface area contributed by atoms with Gasteiger partial charge in [0, 0.05) is 40.8 Å². The van der Waals surface area contributed by atoms with Crippen molar-refractivity contribution in [1.82, 2.24) is 4.90 Å². The van der Waals surface area contributed by atoms with E-state index in [4.69, 9.17) is 0 Å². The number of rotatable bonds is 4. The lowest BCUT2D eigenvalue weighted by Crippen LogP contribution is -2.48. The zero-order valence-electron chi connectivity index (χ0n) is 21.3. The Morgan fingerprint density at radius 2 is 1.66 bits per heavy atom. The van der Waals surface area contributed by atoms with Crippen molar-refractivity contribution < 1.29 is 23.9 Å². The fourth-order valence-electron chi connectivity index (χ4n) is 5.95. The van der Waals surface area contributed by atoms with E-state index >= 15 is 0 Å². The first-order valence-corrected chi connectivity index (χ1v) is 13.4. The highest BCUT2D eigenvalue weighted by Crippen LogP contribution is 2.47. The lowest BCUT2D eigenvalue weighted by Gasteiger charge is -2.40. The van der Waals surface area contributed by atoms with Gasteiger partial charge in [0.25, 0.3) is 5.91 Å². The number of carbonyl (C=O) groups is 3. The summed E-state index contributed by atoms with van der Waals surface area (Å²) in [5.74, 6) is -1.68. The summed E-state index contributed by atoms with van der Waals surface area (Å²) in [4.78, 5) is 41.8. The smallest absolute Gasteiger partial charge is 0.336 e. The average molecular weight is 579 g/mol. The molecule has 8 heteroatoms. The van der Waals surface area contributed by atoms with E-state index in [2.05, 4.69) is 22.0 Å². The SMILES string of the molecule is Cc1cc(C(=O)N2CCC3(CC2)CN(C(=O)Cc2ccc(Br)cc2F)c2ccccc23)cc(C)c1C(=O)O. The summed E-state index contributed by atoms with van der Waals surface area (Å²) in [6, 6.07) is 15.9. The normalized spacial score (nSPS) is 16.0. The number of para-hydroxylation sites is 1. The highest BCUT2D eigenvalue weighted by Gasteiger charge is 2.46. The van der Waals surface area contributed by atoms with E-state index in [0.717, 1.165) is 11.3 Å². The Hall–Kier alpha value is -3.52. The molecule has 38 heavy (non-hydrogen) atoms. The number of fused-ring (bicyclic) bond motifs is 2. The van der Waals surface area contributed by atoms with Crippen LogP contribution in [0.1, 0.15) is 55.8 Å². The predicted octanol–water partition coefficient (Wildman–Crippen LogP) is 5.67. The van der Waals surface area contributed by atoms with Crippen molar-refractivity contribution in [2.45, 2.75) is 38.5 Å². The van der Waals surface area contributed by atoms with Gasteiger partial charge in [-0.1, -0.05) is 40.2 Å². The van der Waals surface area contributed by atoms with Crippen LogP contribution in [-0.4, -0.2) is 47.4 Å². The van der Waals surface area contributed by atoms with Gasteiger partial charge in [-0.15, -0.1) is 0 Å². The van der Waals surface area contributed by atoms with Crippen LogP contribution in [0.4, 0.5) is 10.1 Å². The molecule has 0 atom stereocenters. The van der Waals surface area contributed by atoms with Crippen LogP contribution in [-0.2, 0) is 16.6 Å². The van der Waals surface area contributed by atoms with Gasteiger partial charge in [-0.3, -0.25) is 9.59 Å². The van der Waals surface area contributed by atoms with Crippen LogP contribution in [0.3, 0.4) is 0 Å². The molecule has 1 saturated heterocycles. The van der Waals surface area contributed by atoms with E-state index < -0.39 is 11.8 Å². The van der Waals surface area contributed by atoms with Crippen LogP contribution >= 0.6 is 15.9 Å². The van der Waals surface area contributed by atoms with Crippen molar-refractivity contribution in [3.63, 3.8) is 0 Å². The molecule has 3 aromatic carbocycles. The second-order valence-electron chi connectivity index (χ2n) is 10.3. The number of piperidine rings is 1. The van der Waals surface area contributed by atoms with E-state index in [1.807, 2.05) is 23.1 Å². The zero-order chi connectivity index (χ0) is 27.2. The topological polar surface area (TPSA) is 77.9 Å². The fraction of sp³-hybridized carbons (Fsp3) is 0.300. The summed E-state index contributed by atoms with van der Waals surface area (Å²) in [6.07, 6.45) is 1.36. The highest BCUT2D eigenvalue weighted by atomic mass is 79.9. The summed E-state index contributed by atoms with van der Waals surface area (Å²) < 4.78 is 15.1. The van der Waals surface area contributed by atoms with Gasteiger partial charge in [-0.2, -0.15) is 0 Å². The average Bonchev–Trinajstić information content (AvgIpc) is 3.19. The molecule has 196 valence electrons. The Kier molecular flexibility index (Phi) is 6.86. The van der Waals surface area contributed by atoms with E-state index in [1.165, 1.54) is 6.07 Å². The zero-order valence-corrected chi connectivity index (χ0v) is 22.8. The summed E-state index contributed by atoms with van der Waals surface area (Å²) in [5, 5.41) is 9.45. The van der Waals surface area contributed by atoms with Crippen LogP contribution in [0.15, 0.2) is 59.1 Å². The Morgan fingerprint density at radius 3 is 2.29 bits per heavy atom. The Balaban J connectivity index is 1.34. The lowest BCUT2D eigenvalue weighted by atomic mass is 9.74. The maximum absolute atomic E-state index is 14.4. The number of aromatic carboxylic acids is 1. The van der Waals surface area contributed by atoms with Gasteiger partial charge >= 0.3 is 5.97 Å². The van der Waals surface area contributed by atoms with E-state index in [9.17, 15) is 23.9 Å². The molecule has 2 heterocycles. The summed E-state index contributed by atoms with van der Waals surface area (Å²) in [6.45, 7) is 4.96. The van der Waals surface area contributed by atoms with Gasteiger partial charge in [0.05, 0.1) is 12.0 Å². The monoisotopic (exact) mass is 578 g/mol. The first kappa shape index (κ1) is 26.1. The summed E-state index contributed by atoms with van der Waals surface area (Å²) in [5.41, 5.74) is 3.87. The van der Waals surface area contributed by atoms with E-state index in [0.29, 0.717) is 59.2 Å². The number of likely N-dealkylation sites (tertiary alicyclic amines) is 1. The molecule has 0 bridgehead atoms. The largest absolute Gasteiger partial charge is 0.478 e. The molecule has 5 rings (SSSR count). The molecule has 6 nitrogen and oxygen atoms in total. The molecule has 0 unspecified atom stereocenters. The van der Waals surface area contributed by atoms with Crippen LogP contribution < -0.4 is 4.90 Å². The molecule has 1 spiro atoms. The number of hydrogen-bond acceptors (Lipinski definition) is 3. The number of hydrogen-bond donors (Lipinski definition) is 1. The van der Waals surface area contributed by atoms with Gasteiger partial charge in [0.15, 0.2) is 0 Å². The minimum absolute atomic E-state index is 0.0286. The van der Waals surface area contributed by atoms with Crippen molar-refractivity contribution in [3.05, 3.63) is 98.3 Å². The fourth-order valence-corrected chi connectivity index (χ4v) is 6.28. The number of carbonyl (C=O) groups excluding carboxylic acids is 2. The molecule has 1 N–H and O–H groups in total. The molecule has 0 saturated carbocycles. The van der Waals surface area contributed by atoms with Crippen molar-refractivity contribution in [2.24, 2.45) is 0 Å². The Morgan fingerprint density at radius 1 is 1.00 bits per heavy atom. The third kappa shape index (κ3) is 4.62. The molecular weight excluding hydrogens is 551 g/mol. The van der Waals surface area contributed by atoms with E-state index in [-0.39, 0.29) is 29.2 Å². The van der Waals surface area contributed by atoms with Gasteiger partial charge in [0.1, 0.15) is 5.82 Å². The second-order valence-corrected chi connectivity index (χ2v) is 11.2. The molecule has 2 aliphatic heterocycles. The molecule has 2 aliphatic rings. The minimum Gasteiger partial charge on any atom is -0.478 e. The third-order valence-electron chi connectivity index (χ3n) is 7.89. The maximum atomic E-state index is 14.4. The van der Waals surface area contributed by atoms with Gasteiger partial charge in [0.2, 0.25) is 5.91 Å². The molecular formula is C30H28BrFN2O4.